The standard InChI is InChI=1S/C16H21NO5/c1-20-12-7-4-8-13(21-2)14(12)15(18)17-9-5-6-11(10-17)16(19)22-3/h4,7-8,11H,5-6,9-10H2,1-3H3. The van der Waals surface area contributed by atoms with Crippen LogP contribution in [-0.2, 0) is 9.53 Å². The smallest absolute Gasteiger partial charge is 0.310 e. The van der Waals surface area contributed by atoms with Crippen LogP contribution in [0.3, 0.4) is 0 Å². The van der Waals surface area contributed by atoms with Crippen molar-refractivity contribution in [1.29, 1.82) is 0 Å². The van der Waals surface area contributed by atoms with Crippen molar-refractivity contribution in [3.8, 4) is 11.5 Å². The molecular formula is C16H21NO5. The van der Waals surface area contributed by atoms with Crippen molar-refractivity contribution in [2.24, 2.45) is 5.92 Å². The van der Waals surface area contributed by atoms with E-state index in [2.05, 4.69) is 0 Å². The number of carbonyl (C=O) groups is 2. The van der Waals surface area contributed by atoms with E-state index in [1.165, 1.54) is 21.3 Å². The number of piperidine rings is 1. The molecule has 0 aromatic heterocycles. The summed E-state index contributed by atoms with van der Waals surface area (Å²) in [7, 11) is 4.39. The van der Waals surface area contributed by atoms with Gasteiger partial charge in [-0.3, -0.25) is 9.59 Å². The monoisotopic (exact) mass is 307 g/mol. The van der Waals surface area contributed by atoms with Crippen molar-refractivity contribution in [3.05, 3.63) is 23.8 Å². The second-order valence-electron chi connectivity index (χ2n) is 5.15. The van der Waals surface area contributed by atoms with Gasteiger partial charge in [0.2, 0.25) is 0 Å². The van der Waals surface area contributed by atoms with Gasteiger partial charge in [-0.25, -0.2) is 0 Å². The molecule has 1 aliphatic rings. The normalized spacial score (nSPS) is 17.8. The topological polar surface area (TPSA) is 65.1 Å². The molecule has 120 valence electrons. The van der Waals surface area contributed by atoms with Gasteiger partial charge in [-0.15, -0.1) is 0 Å². The van der Waals surface area contributed by atoms with E-state index in [1.54, 1.807) is 23.1 Å². The van der Waals surface area contributed by atoms with Gasteiger partial charge in [0.1, 0.15) is 17.1 Å². The molecule has 0 aliphatic carbocycles. The van der Waals surface area contributed by atoms with Crippen molar-refractivity contribution < 1.29 is 23.8 Å². The Bertz CT molecular complexity index is 535. The Balaban J connectivity index is 2.26. The van der Waals surface area contributed by atoms with E-state index in [1.807, 2.05) is 0 Å². The molecule has 2 rings (SSSR count). The van der Waals surface area contributed by atoms with Gasteiger partial charge in [-0.2, -0.15) is 0 Å². The molecule has 6 nitrogen and oxygen atoms in total. The first-order valence-electron chi connectivity index (χ1n) is 7.20. The number of hydrogen-bond donors (Lipinski definition) is 0. The maximum atomic E-state index is 12.8. The van der Waals surface area contributed by atoms with E-state index in [0.717, 1.165) is 12.8 Å². The highest BCUT2D eigenvalue weighted by molar-refractivity contribution is 6.00. The molecule has 1 amide bonds. The quantitative estimate of drug-likeness (QED) is 0.793. The third kappa shape index (κ3) is 3.16. The minimum atomic E-state index is -0.275. The molecule has 0 spiro atoms. The fraction of sp³-hybridized carbons (Fsp3) is 0.500. The molecule has 0 saturated carbocycles. The zero-order chi connectivity index (χ0) is 16.1. The van der Waals surface area contributed by atoms with E-state index in [4.69, 9.17) is 14.2 Å². The third-order valence-electron chi connectivity index (χ3n) is 3.88. The number of nitrogens with zero attached hydrogens (tertiary/aromatic N) is 1. The van der Waals surface area contributed by atoms with Gasteiger partial charge in [-0.1, -0.05) is 6.07 Å². The van der Waals surface area contributed by atoms with Crippen LogP contribution in [-0.4, -0.2) is 51.2 Å². The number of likely N-dealkylation sites (tertiary alicyclic amines) is 1. The average molecular weight is 307 g/mol. The molecule has 6 heteroatoms. The van der Waals surface area contributed by atoms with Crippen molar-refractivity contribution in [3.63, 3.8) is 0 Å². The lowest BCUT2D eigenvalue weighted by molar-refractivity contribution is -0.146. The molecule has 1 aliphatic heterocycles. The summed E-state index contributed by atoms with van der Waals surface area (Å²) in [6.07, 6.45) is 1.50. The zero-order valence-corrected chi connectivity index (χ0v) is 13.1. The Kier molecular flexibility index (Phi) is 5.25. The Hall–Kier alpha value is -2.24. The van der Waals surface area contributed by atoms with E-state index in [9.17, 15) is 9.59 Å². The molecule has 0 bridgehead atoms. The molecule has 1 atom stereocenters. The average Bonchev–Trinajstić information content (AvgIpc) is 2.59. The summed E-state index contributed by atoms with van der Waals surface area (Å²) in [6.45, 7) is 0.959. The van der Waals surface area contributed by atoms with Crippen LogP contribution < -0.4 is 9.47 Å². The van der Waals surface area contributed by atoms with Crippen molar-refractivity contribution in [2.75, 3.05) is 34.4 Å². The Morgan fingerprint density at radius 3 is 2.32 bits per heavy atom. The summed E-state index contributed by atoms with van der Waals surface area (Å²) >= 11 is 0. The van der Waals surface area contributed by atoms with Gasteiger partial charge in [0, 0.05) is 13.1 Å². The Labute approximate surface area is 129 Å². The van der Waals surface area contributed by atoms with Crippen LogP contribution in [0.25, 0.3) is 0 Å². The highest BCUT2D eigenvalue weighted by Gasteiger charge is 2.31. The van der Waals surface area contributed by atoms with Gasteiger partial charge in [0.25, 0.3) is 5.91 Å². The van der Waals surface area contributed by atoms with Gasteiger partial charge in [-0.05, 0) is 25.0 Å². The number of amides is 1. The number of esters is 1. The third-order valence-corrected chi connectivity index (χ3v) is 3.88. The maximum absolute atomic E-state index is 12.8. The first-order chi connectivity index (χ1) is 10.6. The maximum Gasteiger partial charge on any atom is 0.310 e. The SMILES string of the molecule is COC(=O)C1CCCN(C(=O)c2c(OC)cccc2OC)C1. The second kappa shape index (κ2) is 7.15. The minimum absolute atomic E-state index is 0.192. The lowest BCUT2D eigenvalue weighted by Crippen LogP contribution is -2.42. The zero-order valence-electron chi connectivity index (χ0n) is 13.1. The predicted molar refractivity (Wildman–Crippen MR) is 80.2 cm³/mol. The second-order valence-corrected chi connectivity index (χ2v) is 5.15. The molecular weight excluding hydrogens is 286 g/mol. The van der Waals surface area contributed by atoms with Crippen LogP contribution in [0, 0.1) is 5.92 Å². The van der Waals surface area contributed by atoms with Crippen LogP contribution in [0.2, 0.25) is 0 Å². The van der Waals surface area contributed by atoms with Crippen molar-refractivity contribution >= 4 is 11.9 Å². The number of benzene rings is 1. The summed E-state index contributed by atoms with van der Waals surface area (Å²) in [4.78, 5) is 26.2. The Morgan fingerprint density at radius 2 is 1.77 bits per heavy atom. The summed E-state index contributed by atoms with van der Waals surface area (Å²) in [5, 5.41) is 0. The molecule has 1 saturated heterocycles. The lowest BCUT2D eigenvalue weighted by atomic mass is 9.97. The highest BCUT2D eigenvalue weighted by atomic mass is 16.5. The first kappa shape index (κ1) is 16.1. The van der Waals surface area contributed by atoms with Crippen LogP contribution in [0.4, 0.5) is 0 Å². The van der Waals surface area contributed by atoms with Crippen LogP contribution in [0.5, 0.6) is 11.5 Å². The van der Waals surface area contributed by atoms with E-state index in [0.29, 0.717) is 30.2 Å². The molecule has 22 heavy (non-hydrogen) atoms. The summed E-state index contributed by atoms with van der Waals surface area (Å²) in [5.74, 6) is 0.185. The van der Waals surface area contributed by atoms with Crippen molar-refractivity contribution in [1.82, 2.24) is 4.90 Å². The largest absolute Gasteiger partial charge is 0.496 e. The molecule has 1 aromatic rings. The van der Waals surface area contributed by atoms with Gasteiger partial charge in [0.05, 0.1) is 27.2 Å². The number of carbonyl (C=O) groups excluding carboxylic acids is 2. The Morgan fingerprint density at radius 1 is 1.14 bits per heavy atom. The van der Waals surface area contributed by atoms with Crippen LogP contribution in [0.15, 0.2) is 18.2 Å². The van der Waals surface area contributed by atoms with Gasteiger partial charge < -0.3 is 19.1 Å². The molecule has 1 heterocycles. The molecule has 0 radical (unpaired) electrons. The molecule has 1 unspecified atom stereocenters. The van der Waals surface area contributed by atoms with Crippen LogP contribution >= 0.6 is 0 Å². The first-order valence-corrected chi connectivity index (χ1v) is 7.20. The number of hydrogen-bond acceptors (Lipinski definition) is 5. The predicted octanol–water partition coefficient (Wildman–Crippen LogP) is 1.73. The van der Waals surface area contributed by atoms with E-state index < -0.39 is 0 Å². The fourth-order valence-corrected chi connectivity index (χ4v) is 2.74. The van der Waals surface area contributed by atoms with E-state index in [-0.39, 0.29) is 17.8 Å². The fourth-order valence-electron chi connectivity index (χ4n) is 2.74. The number of rotatable bonds is 4. The molecule has 1 fully saturated rings. The van der Waals surface area contributed by atoms with Gasteiger partial charge in [0.15, 0.2) is 0 Å². The summed E-state index contributed by atoms with van der Waals surface area (Å²) in [5.41, 5.74) is 0.387. The van der Waals surface area contributed by atoms with Gasteiger partial charge >= 0.3 is 5.97 Å². The minimum Gasteiger partial charge on any atom is -0.496 e. The summed E-state index contributed by atoms with van der Waals surface area (Å²) in [6, 6.07) is 5.21. The molecule has 0 N–H and O–H groups in total. The highest BCUT2D eigenvalue weighted by Crippen LogP contribution is 2.31. The number of methoxy groups -OCH3 is 3. The van der Waals surface area contributed by atoms with E-state index >= 15 is 0 Å². The van der Waals surface area contributed by atoms with Crippen LogP contribution in [0.1, 0.15) is 23.2 Å². The summed E-state index contributed by atoms with van der Waals surface area (Å²) < 4.78 is 15.3. The number of ether oxygens (including phenoxy) is 3. The lowest BCUT2D eigenvalue weighted by Gasteiger charge is -2.32. The van der Waals surface area contributed by atoms with Crippen molar-refractivity contribution in [2.45, 2.75) is 12.8 Å². The molecule has 1 aromatic carbocycles.